The molecule has 0 amide bonds. The largest absolute Gasteiger partial charge is 0.339 e. The first-order valence-electron chi connectivity index (χ1n) is 5.61. The second-order valence-electron chi connectivity index (χ2n) is 4.24. The van der Waals surface area contributed by atoms with Gasteiger partial charge in [0.15, 0.2) is 5.82 Å². The number of hydrogen-bond donors (Lipinski definition) is 1. The lowest BCUT2D eigenvalue weighted by Gasteiger charge is -2.09. The molecule has 0 fully saturated rings. The fraction of sp³-hybridized carbons (Fsp3) is 0.231. The Bertz CT molecular complexity index is 538. The molecule has 1 heterocycles. The van der Waals surface area contributed by atoms with E-state index in [4.69, 9.17) is 23.2 Å². The quantitative estimate of drug-likeness (QED) is 0.832. The molecule has 3 nitrogen and oxygen atoms in total. The molecular weight excluding hydrogens is 269 g/mol. The van der Waals surface area contributed by atoms with Crippen LogP contribution in [-0.4, -0.2) is 9.97 Å². The minimum absolute atomic E-state index is 0.167. The summed E-state index contributed by atoms with van der Waals surface area (Å²) in [6.45, 7) is 4.31. The van der Waals surface area contributed by atoms with Crippen LogP contribution in [0.25, 0.3) is 0 Å². The van der Waals surface area contributed by atoms with Crippen LogP contribution in [0.1, 0.15) is 25.3 Å². The Morgan fingerprint density at radius 2 is 1.78 bits per heavy atom. The molecule has 0 atom stereocenters. The third-order valence-electron chi connectivity index (χ3n) is 2.55. The van der Waals surface area contributed by atoms with Crippen molar-refractivity contribution in [3.05, 3.63) is 46.3 Å². The van der Waals surface area contributed by atoms with Crippen LogP contribution in [0, 0.1) is 0 Å². The van der Waals surface area contributed by atoms with E-state index in [1.807, 2.05) is 12.1 Å². The van der Waals surface area contributed by atoms with Crippen LogP contribution in [-0.2, 0) is 0 Å². The predicted octanol–water partition coefficient (Wildman–Crippen LogP) is 4.65. The standard InChI is InChI=1S/C13H13Cl2N3/c1-8(2)9-3-5-10(6-4-9)17-12-11(14)7-16-13(15)18-12/h3-8H,1-2H3,(H,16,17,18). The maximum atomic E-state index is 5.98. The molecular formula is C13H13Cl2N3. The van der Waals surface area contributed by atoms with E-state index in [1.54, 1.807) is 0 Å². The molecule has 1 aromatic carbocycles. The predicted molar refractivity (Wildman–Crippen MR) is 75.9 cm³/mol. The molecule has 2 rings (SSSR count). The van der Waals surface area contributed by atoms with E-state index in [0.717, 1.165) is 5.69 Å². The number of benzene rings is 1. The van der Waals surface area contributed by atoms with E-state index in [0.29, 0.717) is 16.8 Å². The molecule has 0 aliphatic heterocycles. The highest BCUT2D eigenvalue weighted by Gasteiger charge is 2.05. The van der Waals surface area contributed by atoms with Gasteiger partial charge in [0.05, 0.1) is 6.20 Å². The normalized spacial score (nSPS) is 10.7. The van der Waals surface area contributed by atoms with Gasteiger partial charge in [-0.05, 0) is 35.2 Å². The molecule has 94 valence electrons. The number of nitrogens with one attached hydrogen (secondary N) is 1. The zero-order chi connectivity index (χ0) is 13.1. The number of anilines is 2. The molecule has 0 saturated carbocycles. The monoisotopic (exact) mass is 281 g/mol. The van der Waals surface area contributed by atoms with Crippen LogP contribution >= 0.6 is 23.2 Å². The Hall–Kier alpha value is -1.32. The molecule has 0 aliphatic rings. The number of nitrogens with zero attached hydrogens (tertiary/aromatic N) is 2. The first kappa shape index (κ1) is 13.1. The van der Waals surface area contributed by atoms with E-state index in [1.165, 1.54) is 11.8 Å². The number of halogens is 2. The molecule has 0 bridgehead atoms. The Kier molecular flexibility index (Phi) is 4.04. The van der Waals surface area contributed by atoms with Crippen molar-refractivity contribution < 1.29 is 0 Å². The van der Waals surface area contributed by atoms with Gasteiger partial charge in [-0.15, -0.1) is 0 Å². The average molecular weight is 282 g/mol. The molecule has 2 aromatic rings. The lowest BCUT2D eigenvalue weighted by molar-refractivity contribution is 0.867. The van der Waals surface area contributed by atoms with Crippen LogP contribution in [0.5, 0.6) is 0 Å². The maximum Gasteiger partial charge on any atom is 0.224 e. The third-order valence-corrected chi connectivity index (χ3v) is 3.01. The second-order valence-corrected chi connectivity index (χ2v) is 4.98. The van der Waals surface area contributed by atoms with Crippen molar-refractivity contribution in [1.82, 2.24) is 9.97 Å². The van der Waals surface area contributed by atoms with Gasteiger partial charge in [-0.25, -0.2) is 4.98 Å². The smallest absolute Gasteiger partial charge is 0.224 e. The minimum atomic E-state index is 0.167. The summed E-state index contributed by atoms with van der Waals surface area (Å²) >= 11 is 11.7. The molecule has 0 radical (unpaired) electrons. The fourth-order valence-electron chi connectivity index (χ4n) is 1.52. The summed E-state index contributed by atoms with van der Waals surface area (Å²) in [5.74, 6) is 1.02. The van der Waals surface area contributed by atoms with Gasteiger partial charge in [0, 0.05) is 5.69 Å². The molecule has 0 unspecified atom stereocenters. The summed E-state index contributed by atoms with van der Waals surface area (Å²) < 4.78 is 0. The van der Waals surface area contributed by atoms with E-state index in [-0.39, 0.29) is 5.28 Å². The molecule has 5 heteroatoms. The zero-order valence-corrected chi connectivity index (χ0v) is 11.6. The van der Waals surface area contributed by atoms with Gasteiger partial charge in [-0.1, -0.05) is 37.6 Å². The van der Waals surface area contributed by atoms with E-state index in [9.17, 15) is 0 Å². The van der Waals surface area contributed by atoms with Gasteiger partial charge in [-0.2, -0.15) is 4.98 Å². The highest BCUT2D eigenvalue weighted by molar-refractivity contribution is 6.33. The summed E-state index contributed by atoms with van der Waals surface area (Å²) in [5.41, 5.74) is 2.20. The van der Waals surface area contributed by atoms with E-state index in [2.05, 4.69) is 41.3 Å². The van der Waals surface area contributed by atoms with E-state index < -0.39 is 0 Å². The van der Waals surface area contributed by atoms with Crippen molar-refractivity contribution in [2.45, 2.75) is 19.8 Å². The Balaban J connectivity index is 2.21. The number of rotatable bonds is 3. The molecule has 18 heavy (non-hydrogen) atoms. The minimum Gasteiger partial charge on any atom is -0.339 e. The van der Waals surface area contributed by atoms with Crippen LogP contribution in [0.4, 0.5) is 11.5 Å². The summed E-state index contributed by atoms with van der Waals surface area (Å²) in [4.78, 5) is 7.84. The van der Waals surface area contributed by atoms with Crippen LogP contribution in [0.15, 0.2) is 30.5 Å². The summed E-state index contributed by atoms with van der Waals surface area (Å²) in [6, 6.07) is 8.12. The Labute approximate surface area is 116 Å². The van der Waals surface area contributed by atoms with Crippen LogP contribution in [0.2, 0.25) is 10.3 Å². The van der Waals surface area contributed by atoms with Crippen molar-refractivity contribution in [2.24, 2.45) is 0 Å². The Morgan fingerprint density at radius 3 is 2.39 bits per heavy atom. The van der Waals surface area contributed by atoms with Gasteiger partial charge in [0.2, 0.25) is 5.28 Å². The van der Waals surface area contributed by atoms with Crippen molar-refractivity contribution in [3.8, 4) is 0 Å². The molecule has 1 aromatic heterocycles. The van der Waals surface area contributed by atoms with Crippen molar-refractivity contribution >= 4 is 34.7 Å². The molecule has 0 aliphatic carbocycles. The lowest BCUT2D eigenvalue weighted by Crippen LogP contribution is -1.96. The first-order chi connectivity index (χ1) is 8.56. The average Bonchev–Trinajstić information content (AvgIpc) is 2.34. The fourth-order valence-corrected chi connectivity index (χ4v) is 1.79. The van der Waals surface area contributed by atoms with E-state index >= 15 is 0 Å². The Morgan fingerprint density at radius 1 is 1.11 bits per heavy atom. The molecule has 0 spiro atoms. The van der Waals surface area contributed by atoms with Crippen molar-refractivity contribution in [2.75, 3.05) is 5.32 Å². The van der Waals surface area contributed by atoms with Gasteiger partial charge in [0.1, 0.15) is 5.02 Å². The van der Waals surface area contributed by atoms with Gasteiger partial charge in [0.25, 0.3) is 0 Å². The maximum absolute atomic E-state index is 5.98. The van der Waals surface area contributed by atoms with Crippen LogP contribution in [0.3, 0.4) is 0 Å². The topological polar surface area (TPSA) is 37.8 Å². The first-order valence-corrected chi connectivity index (χ1v) is 6.37. The summed E-state index contributed by atoms with van der Waals surface area (Å²) in [6.07, 6.45) is 1.47. The second kappa shape index (κ2) is 5.55. The van der Waals surface area contributed by atoms with Gasteiger partial charge >= 0.3 is 0 Å². The molecule has 0 saturated heterocycles. The summed E-state index contributed by atoms with van der Waals surface area (Å²) in [5, 5.41) is 3.72. The third kappa shape index (κ3) is 3.12. The SMILES string of the molecule is CC(C)c1ccc(Nc2nc(Cl)ncc2Cl)cc1. The van der Waals surface area contributed by atoms with Gasteiger partial charge < -0.3 is 5.32 Å². The highest BCUT2D eigenvalue weighted by Crippen LogP contribution is 2.24. The zero-order valence-electron chi connectivity index (χ0n) is 10.1. The van der Waals surface area contributed by atoms with Crippen molar-refractivity contribution in [3.63, 3.8) is 0 Å². The van der Waals surface area contributed by atoms with Crippen molar-refractivity contribution in [1.29, 1.82) is 0 Å². The highest BCUT2D eigenvalue weighted by atomic mass is 35.5. The summed E-state index contributed by atoms with van der Waals surface area (Å²) in [7, 11) is 0. The lowest BCUT2D eigenvalue weighted by atomic mass is 10.0. The number of hydrogen-bond acceptors (Lipinski definition) is 3. The number of aromatic nitrogens is 2. The van der Waals surface area contributed by atoms with Crippen LogP contribution < -0.4 is 5.32 Å². The van der Waals surface area contributed by atoms with Gasteiger partial charge in [-0.3, -0.25) is 0 Å². The molecule has 1 N–H and O–H groups in total.